The molecule has 0 atom stereocenters. The normalized spacial score (nSPS) is 16.7. The van der Waals surface area contributed by atoms with Gasteiger partial charge >= 0.3 is 0 Å². The van der Waals surface area contributed by atoms with Crippen LogP contribution in [0.15, 0.2) is 23.1 Å². The summed E-state index contributed by atoms with van der Waals surface area (Å²) in [5, 5.41) is 11.9. The third-order valence-corrected chi connectivity index (χ3v) is 5.57. The molecule has 0 amide bonds. The minimum atomic E-state index is -3.95. The van der Waals surface area contributed by atoms with E-state index in [9.17, 15) is 8.42 Å². The molecule has 0 saturated heterocycles. The second kappa shape index (κ2) is 6.88. The zero-order chi connectivity index (χ0) is 17.3. The molecule has 9 heteroatoms. The van der Waals surface area contributed by atoms with E-state index < -0.39 is 10.1 Å². The van der Waals surface area contributed by atoms with E-state index in [2.05, 4.69) is 27.8 Å². The first-order chi connectivity index (χ1) is 10.7. The van der Waals surface area contributed by atoms with Crippen molar-refractivity contribution >= 4 is 33.6 Å². The van der Waals surface area contributed by atoms with E-state index in [0.29, 0.717) is 13.0 Å². The van der Waals surface area contributed by atoms with E-state index in [0.717, 1.165) is 33.9 Å². The van der Waals surface area contributed by atoms with Crippen LogP contribution in [-0.2, 0) is 24.9 Å². The van der Waals surface area contributed by atoms with Crippen molar-refractivity contribution < 1.29 is 32.2 Å². The van der Waals surface area contributed by atoms with Gasteiger partial charge in [0.05, 0.1) is 23.2 Å². The predicted octanol–water partition coefficient (Wildman–Crippen LogP) is 2.79. The topological polar surface area (TPSA) is 96.1 Å². The highest BCUT2D eigenvalue weighted by atomic mass is 32.2. The Bertz CT molecular complexity index is 727. The van der Waals surface area contributed by atoms with Crippen molar-refractivity contribution in [3.8, 4) is 0 Å². The molecular weight excluding hydrogens is 342 g/mol. The second-order valence-electron chi connectivity index (χ2n) is 5.91. The molecule has 7 nitrogen and oxygen atoms in total. The van der Waals surface area contributed by atoms with Gasteiger partial charge in [0.25, 0.3) is 10.1 Å². The van der Waals surface area contributed by atoms with Crippen molar-refractivity contribution in [2.45, 2.75) is 37.5 Å². The average Bonchev–Trinajstić information content (AvgIpc) is 2.65. The van der Waals surface area contributed by atoms with Crippen LogP contribution in [0.1, 0.15) is 32.8 Å². The van der Waals surface area contributed by atoms with Gasteiger partial charge < -0.3 is 0 Å². The molecule has 0 unspecified atom stereocenters. The van der Waals surface area contributed by atoms with Crippen LogP contribution in [0.25, 0.3) is 0 Å². The summed E-state index contributed by atoms with van der Waals surface area (Å²) >= 11 is 0.898. The van der Waals surface area contributed by atoms with Gasteiger partial charge in [0, 0.05) is 29.9 Å². The molecule has 0 aliphatic carbocycles. The zero-order valence-corrected chi connectivity index (χ0v) is 14.8. The molecule has 1 heterocycles. The monoisotopic (exact) mass is 362 g/mol. The van der Waals surface area contributed by atoms with Crippen LogP contribution in [-0.4, -0.2) is 40.8 Å². The number of nitrogens with zero attached hydrogens (tertiary/aromatic N) is 1. The van der Waals surface area contributed by atoms with Gasteiger partial charge in [-0.25, -0.2) is 5.26 Å². The highest BCUT2D eigenvalue weighted by molar-refractivity contribution is 7.94. The summed E-state index contributed by atoms with van der Waals surface area (Å²) in [4.78, 5) is 0.776. The maximum atomic E-state index is 10.9. The SMILES string of the molecule is CC1=[N+](CCCS(=O)(=O)O)c2ccc(SOOO)cc2C1(C)C. The highest BCUT2D eigenvalue weighted by Gasteiger charge is 2.43. The molecule has 2 N–H and O–H groups in total. The molecule has 0 bridgehead atoms. The van der Waals surface area contributed by atoms with Gasteiger partial charge in [-0.15, -0.1) is 4.33 Å². The molecule has 1 aliphatic heterocycles. The van der Waals surface area contributed by atoms with E-state index >= 15 is 0 Å². The zero-order valence-electron chi connectivity index (χ0n) is 13.1. The number of hydrogen-bond donors (Lipinski definition) is 2. The minimum Gasteiger partial charge on any atom is -0.286 e. The fraction of sp³-hybridized carbons (Fsp3) is 0.500. The van der Waals surface area contributed by atoms with Crippen molar-refractivity contribution in [2.75, 3.05) is 12.3 Å². The Morgan fingerprint density at radius 1 is 1.35 bits per heavy atom. The molecule has 1 aromatic carbocycles. The highest BCUT2D eigenvalue weighted by Crippen LogP contribution is 2.41. The number of benzene rings is 1. The van der Waals surface area contributed by atoms with Gasteiger partial charge in [-0.1, -0.05) is 5.04 Å². The number of rotatable bonds is 7. The lowest BCUT2D eigenvalue weighted by Crippen LogP contribution is -2.27. The maximum Gasteiger partial charge on any atom is 0.265 e. The van der Waals surface area contributed by atoms with E-state index in [1.165, 1.54) is 0 Å². The molecule has 0 spiro atoms. The summed E-state index contributed by atoms with van der Waals surface area (Å²) in [7, 11) is -3.95. The Balaban J connectivity index is 2.27. The summed E-state index contributed by atoms with van der Waals surface area (Å²) in [5.74, 6) is -0.262. The summed E-state index contributed by atoms with van der Waals surface area (Å²) < 4.78 is 37.2. The molecule has 0 radical (unpaired) electrons. The molecule has 0 aromatic heterocycles. The Morgan fingerprint density at radius 3 is 2.65 bits per heavy atom. The molecule has 2 rings (SSSR count). The van der Waals surface area contributed by atoms with E-state index in [1.807, 2.05) is 25.1 Å². The fourth-order valence-electron chi connectivity index (χ4n) is 2.76. The lowest BCUT2D eigenvalue weighted by Gasteiger charge is -2.15. The van der Waals surface area contributed by atoms with Crippen LogP contribution >= 0.6 is 12.0 Å². The van der Waals surface area contributed by atoms with E-state index in [1.54, 1.807) is 0 Å². The summed E-state index contributed by atoms with van der Waals surface area (Å²) in [6, 6.07) is 5.70. The Labute approximate surface area is 139 Å². The van der Waals surface area contributed by atoms with Crippen LogP contribution < -0.4 is 0 Å². The Hall–Kier alpha value is -0.970. The predicted molar refractivity (Wildman–Crippen MR) is 86.6 cm³/mol. The van der Waals surface area contributed by atoms with Crippen LogP contribution in [0.2, 0.25) is 0 Å². The lowest BCUT2D eigenvalue weighted by molar-refractivity contribution is -0.438. The van der Waals surface area contributed by atoms with Crippen LogP contribution in [0.4, 0.5) is 5.69 Å². The lowest BCUT2D eigenvalue weighted by atomic mass is 9.82. The van der Waals surface area contributed by atoms with Gasteiger partial charge in [-0.05, 0) is 26.0 Å². The van der Waals surface area contributed by atoms with Gasteiger partial charge in [-0.2, -0.15) is 13.0 Å². The average molecular weight is 362 g/mol. The van der Waals surface area contributed by atoms with Crippen molar-refractivity contribution in [1.29, 1.82) is 0 Å². The van der Waals surface area contributed by atoms with E-state index in [-0.39, 0.29) is 11.2 Å². The first kappa shape index (κ1) is 18.4. The third-order valence-electron chi connectivity index (χ3n) is 4.19. The molecule has 1 aromatic rings. The van der Waals surface area contributed by atoms with Crippen molar-refractivity contribution in [3.63, 3.8) is 0 Å². The number of hydrogen-bond acceptors (Lipinski definition) is 6. The van der Waals surface area contributed by atoms with Gasteiger partial charge in [-0.3, -0.25) is 4.55 Å². The molecule has 128 valence electrons. The summed E-state index contributed by atoms with van der Waals surface area (Å²) in [5.41, 5.74) is 2.96. The molecular formula is C14H20NO6S2+. The van der Waals surface area contributed by atoms with Gasteiger partial charge in [0.15, 0.2) is 5.71 Å². The van der Waals surface area contributed by atoms with Crippen LogP contribution in [0.5, 0.6) is 0 Å². The fourth-order valence-corrected chi connectivity index (χ4v) is 3.66. The van der Waals surface area contributed by atoms with Gasteiger partial charge in [0.2, 0.25) is 5.69 Å². The minimum absolute atomic E-state index is 0.218. The smallest absolute Gasteiger partial charge is 0.265 e. The maximum absolute atomic E-state index is 10.9. The Morgan fingerprint density at radius 2 is 2.04 bits per heavy atom. The quantitative estimate of drug-likeness (QED) is 0.253. The molecule has 0 fully saturated rings. The van der Waals surface area contributed by atoms with Crippen LogP contribution in [0, 0.1) is 0 Å². The van der Waals surface area contributed by atoms with E-state index in [4.69, 9.17) is 9.81 Å². The van der Waals surface area contributed by atoms with Crippen molar-refractivity contribution in [1.82, 2.24) is 0 Å². The molecule has 0 saturated carbocycles. The Kier molecular flexibility index (Phi) is 5.49. The first-order valence-electron chi connectivity index (χ1n) is 7.03. The van der Waals surface area contributed by atoms with Crippen molar-refractivity contribution in [2.24, 2.45) is 0 Å². The van der Waals surface area contributed by atoms with Crippen molar-refractivity contribution in [3.05, 3.63) is 23.8 Å². The standard InChI is InChI=1S/C14H19NO6S2/c1-10-14(2,3)12-9-11(22-21-20-16)5-6-13(12)15(10)7-4-8-23(17,18)19/h5-6,9H,4,7-8H2,1-3H3,(H-,16,17,18,19)/p+1. The van der Waals surface area contributed by atoms with Crippen LogP contribution in [0.3, 0.4) is 0 Å². The molecule has 23 heavy (non-hydrogen) atoms. The second-order valence-corrected chi connectivity index (χ2v) is 8.25. The third kappa shape index (κ3) is 4.11. The summed E-state index contributed by atoms with van der Waals surface area (Å²) in [6.07, 6.45) is 0.337. The number of fused-ring (bicyclic) bond motifs is 1. The van der Waals surface area contributed by atoms with Gasteiger partial charge in [0.1, 0.15) is 6.54 Å². The summed E-state index contributed by atoms with van der Waals surface area (Å²) in [6.45, 7) is 6.68. The first-order valence-corrected chi connectivity index (χ1v) is 9.38. The largest absolute Gasteiger partial charge is 0.286 e. The molecule has 1 aliphatic rings.